The van der Waals surface area contributed by atoms with Gasteiger partial charge in [0, 0.05) is 5.69 Å². The number of para-hydroxylation sites is 1. The first-order valence-electron chi connectivity index (χ1n) is 8.23. The fourth-order valence-corrected chi connectivity index (χ4v) is 3.48. The average molecular weight is 398 g/mol. The number of halogens is 1. The third kappa shape index (κ3) is 3.99. The van der Waals surface area contributed by atoms with Gasteiger partial charge < -0.3 is 5.32 Å². The summed E-state index contributed by atoms with van der Waals surface area (Å²) in [6.45, 7) is 4.10. The maximum absolute atomic E-state index is 12.7. The molecule has 0 aliphatic carbocycles. The van der Waals surface area contributed by atoms with Crippen molar-refractivity contribution in [3.63, 3.8) is 0 Å². The molecule has 3 aromatic rings. The Morgan fingerprint density at radius 3 is 2.48 bits per heavy atom. The molecule has 5 heteroatoms. The number of hydrogen-bond donors (Lipinski definition) is 2. The summed E-state index contributed by atoms with van der Waals surface area (Å²) >= 11 is 3.48. The first-order chi connectivity index (χ1) is 12.1. The summed E-state index contributed by atoms with van der Waals surface area (Å²) in [6, 6.07) is 18.0. The van der Waals surface area contributed by atoms with Crippen molar-refractivity contribution in [2.75, 3.05) is 5.32 Å². The van der Waals surface area contributed by atoms with Crippen LogP contribution in [0, 0.1) is 0 Å². The monoisotopic (exact) mass is 397 g/mol. The Balaban J connectivity index is 1.82. The molecule has 1 amide bonds. The highest BCUT2D eigenvalue weighted by Crippen LogP contribution is 2.27. The van der Waals surface area contributed by atoms with E-state index in [0.29, 0.717) is 5.69 Å². The first-order valence-corrected chi connectivity index (χ1v) is 9.02. The standard InChI is InChI=1S/C20H20BrN3O/c1-13(2)18-17(21)19(24-23-18)20(25)22-16-11-7-6-10-15(16)12-14-8-4-3-5-9-14/h3-11,13H,12H2,1-2H3,(H,22,25)(H,23,24). The highest BCUT2D eigenvalue weighted by atomic mass is 79.9. The number of carbonyl (C=O) groups is 1. The number of aromatic nitrogens is 2. The maximum atomic E-state index is 12.7. The van der Waals surface area contributed by atoms with Crippen molar-refractivity contribution >= 4 is 27.5 Å². The van der Waals surface area contributed by atoms with E-state index in [1.807, 2.05) is 42.5 Å². The molecule has 0 aliphatic rings. The smallest absolute Gasteiger partial charge is 0.277 e. The number of aromatic amines is 1. The van der Waals surface area contributed by atoms with Crippen LogP contribution in [0.15, 0.2) is 59.1 Å². The molecular weight excluding hydrogens is 378 g/mol. The van der Waals surface area contributed by atoms with Gasteiger partial charge in [-0.15, -0.1) is 0 Å². The maximum Gasteiger partial charge on any atom is 0.277 e. The van der Waals surface area contributed by atoms with E-state index in [1.54, 1.807) is 0 Å². The fraction of sp³-hybridized carbons (Fsp3) is 0.200. The van der Waals surface area contributed by atoms with Gasteiger partial charge in [0.15, 0.2) is 5.69 Å². The van der Waals surface area contributed by atoms with Crippen LogP contribution in [-0.4, -0.2) is 16.1 Å². The number of hydrogen-bond acceptors (Lipinski definition) is 2. The molecule has 0 unspecified atom stereocenters. The summed E-state index contributed by atoms with van der Waals surface area (Å²) in [5.41, 5.74) is 4.36. The quantitative estimate of drug-likeness (QED) is 0.625. The minimum absolute atomic E-state index is 0.226. The van der Waals surface area contributed by atoms with Crippen molar-refractivity contribution in [1.82, 2.24) is 10.2 Å². The van der Waals surface area contributed by atoms with Crippen molar-refractivity contribution in [2.45, 2.75) is 26.2 Å². The molecule has 1 heterocycles. The Labute approximate surface area is 155 Å². The summed E-state index contributed by atoms with van der Waals surface area (Å²) < 4.78 is 0.723. The van der Waals surface area contributed by atoms with E-state index < -0.39 is 0 Å². The Hall–Kier alpha value is -2.40. The molecule has 128 valence electrons. The summed E-state index contributed by atoms with van der Waals surface area (Å²) in [7, 11) is 0. The number of carbonyl (C=O) groups excluding carboxylic acids is 1. The van der Waals surface area contributed by atoms with Crippen molar-refractivity contribution in [2.24, 2.45) is 0 Å². The van der Waals surface area contributed by atoms with Crippen LogP contribution in [0.4, 0.5) is 5.69 Å². The number of anilines is 1. The minimum atomic E-state index is -0.226. The van der Waals surface area contributed by atoms with Gasteiger partial charge in [-0.25, -0.2) is 0 Å². The number of amides is 1. The second kappa shape index (κ2) is 7.66. The summed E-state index contributed by atoms with van der Waals surface area (Å²) in [5.74, 6) is 0.0318. The van der Waals surface area contributed by atoms with E-state index in [0.717, 1.165) is 27.8 Å². The predicted octanol–water partition coefficient (Wildman–Crippen LogP) is 5.14. The highest BCUT2D eigenvalue weighted by Gasteiger charge is 2.20. The van der Waals surface area contributed by atoms with Gasteiger partial charge in [0.2, 0.25) is 0 Å². The fourth-order valence-electron chi connectivity index (χ4n) is 2.67. The number of nitrogens with one attached hydrogen (secondary N) is 2. The molecule has 0 fully saturated rings. The van der Waals surface area contributed by atoms with Gasteiger partial charge in [-0.2, -0.15) is 5.10 Å². The normalized spacial score (nSPS) is 10.9. The zero-order chi connectivity index (χ0) is 17.8. The minimum Gasteiger partial charge on any atom is -0.320 e. The van der Waals surface area contributed by atoms with E-state index >= 15 is 0 Å². The molecule has 0 saturated carbocycles. The molecule has 0 radical (unpaired) electrons. The third-order valence-corrected chi connectivity index (χ3v) is 4.83. The molecule has 2 aromatic carbocycles. The van der Waals surface area contributed by atoms with Crippen LogP contribution < -0.4 is 5.32 Å². The van der Waals surface area contributed by atoms with Crippen LogP contribution in [-0.2, 0) is 6.42 Å². The lowest BCUT2D eigenvalue weighted by atomic mass is 10.0. The van der Waals surface area contributed by atoms with E-state index in [1.165, 1.54) is 5.56 Å². The van der Waals surface area contributed by atoms with Crippen LogP contribution in [0.3, 0.4) is 0 Å². The van der Waals surface area contributed by atoms with Gasteiger partial charge in [-0.05, 0) is 45.5 Å². The SMILES string of the molecule is CC(C)c1[nH]nc(C(=O)Nc2ccccc2Cc2ccccc2)c1Br. The molecule has 3 rings (SSSR count). The molecule has 25 heavy (non-hydrogen) atoms. The summed E-state index contributed by atoms with van der Waals surface area (Å²) in [4.78, 5) is 12.7. The van der Waals surface area contributed by atoms with Gasteiger partial charge in [0.1, 0.15) is 0 Å². The van der Waals surface area contributed by atoms with E-state index in [2.05, 4.69) is 57.4 Å². The molecule has 0 atom stereocenters. The van der Waals surface area contributed by atoms with Gasteiger partial charge in [0.05, 0.1) is 10.2 Å². The Morgan fingerprint density at radius 1 is 1.12 bits per heavy atom. The van der Waals surface area contributed by atoms with Crippen LogP contribution in [0.2, 0.25) is 0 Å². The van der Waals surface area contributed by atoms with Gasteiger partial charge in [-0.1, -0.05) is 62.4 Å². The number of benzene rings is 2. The lowest BCUT2D eigenvalue weighted by Gasteiger charge is -2.11. The van der Waals surface area contributed by atoms with Crippen molar-refractivity contribution in [1.29, 1.82) is 0 Å². The zero-order valence-corrected chi connectivity index (χ0v) is 15.8. The van der Waals surface area contributed by atoms with E-state index in [-0.39, 0.29) is 11.8 Å². The summed E-state index contributed by atoms with van der Waals surface area (Å²) in [5, 5.41) is 10.1. The molecule has 0 spiro atoms. The topological polar surface area (TPSA) is 57.8 Å². The lowest BCUT2D eigenvalue weighted by Crippen LogP contribution is -2.14. The molecule has 0 saturated heterocycles. The van der Waals surface area contributed by atoms with Crippen molar-refractivity contribution in [3.05, 3.63) is 81.6 Å². The molecule has 2 N–H and O–H groups in total. The average Bonchev–Trinajstić information content (AvgIpc) is 2.99. The number of H-pyrrole nitrogens is 1. The molecular formula is C20H20BrN3O. The first kappa shape index (κ1) is 17.4. The Morgan fingerprint density at radius 2 is 1.80 bits per heavy atom. The van der Waals surface area contributed by atoms with Crippen LogP contribution >= 0.6 is 15.9 Å². The van der Waals surface area contributed by atoms with Crippen LogP contribution in [0.1, 0.15) is 47.1 Å². The van der Waals surface area contributed by atoms with Gasteiger partial charge in [0.25, 0.3) is 5.91 Å². The van der Waals surface area contributed by atoms with Gasteiger partial charge >= 0.3 is 0 Å². The third-order valence-electron chi connectivity index (χ3n) is 4.03. The zero-order valence-electron chi connectivity index (χ0n) is 14.2. The molecule has 4 nitrogen and oxygen atoms in total. The molecule has 1 aromatic heterocycles. The number of rotatable bonds is 5. The van der Waals surface area contributed by atoms with Crippen molar-refractivity contribution in [3.8, 4) is 0 Å². The lowest BCUT2D eigenvalue weighted by molar-refractivity contribution is 0.102. The summed E-state index contributed by atoms with van der Waals surface area (Å²) in [6.07, 6.45) is 0.760. The number of nitrogens with zero attached hydrogens (tertiary/aromatic N) is 1. The van der Waals surface area contributed by atoms with Crippen LogP contribution in [0.25, 0.3) is 0 Å². The van der Waals surface area contributed by atoms with E-state index in [9.17, 15) is 4.79 Å². The van der Waals surface area contributed by atoms with Crippen molar-refractivity contribution < 1.29 is 4.79 Å². The highest BCUT2D eigenvalue weighted by molar-refractivity contribution is 9.10. The second-order valence-electron chi connectivity index (χ2n) is 6.23. The second-order valence-corrected chi connectivity index (χ2v) is 7.02. The van der Waals surface area contributed by atoms with Crippen LogP contribution in [0.5, 0.6) is 0 Å². The largest absolute Gasteiger partial charge is 0.320 e. The van der Waals surface area contributed by atoms with Gasteiger partial charge in [-0.3, -0.25) is 9.89 Å². The predicted molar refractivity (Wildman–Crippen MR) is 104 cm³/mol. The molecule has 0 bridgehead atoms. The Bertz CT molecular complexity index is 872. The molecule has 0 aliphatic heterocycles. The van der Waals surface area contributed by atoms with E-state index in [4.69, 9.17) is 0 Å². The Kier molecular flexibility index (Phi) is 5.34.